The number of furan rings is 1. The molecule has 0 radical (unpaired) electrons. The molecule has 5 nitrogen and oxygen atoms in total. The van der Waals surface area contributed by atoms with Crippen LogP contribution in [0.25, 0.3) is 11.0 Å². The third kappa shape index (κ3) is 3.87. The number of hydrogen-bond donors (Lipinski definition) is 1. The standard InChI is InChI=1S/C17H20ClNO4S/c1-9-7-11-10(2)14(23-15(11)12(18)8-9)16(20)19-13(5-6-24-4)17(21)22-3/h7-8,13H,5-6H2,1-4H3,(H,19,20). The maximum atomic E-state index is 12.6. The number of esters is 1. The largest absolute Gasteiger partial charge is 0.467 e. The molecule has 0 aliphatic rings. The van der Waals surface area contributed by atoms with E-state index in [0.717, 1.165) is 16.7 Å². The van der Waals surface area contributed by atoms with Crippen LogP contribution < -0.4 is 5.32 Å². The first-order valence-corrected chi connectivity index (χ1v) is 9.23. The highest BCUT2D eigenvalue weighted by Gasteiger charge is 2.25. The molecule has 2 aromatic rings. The van der Waals surface area contributed by atoms with Crippen molar-refractivity contribution in [2.45, 2.75) is 26.3 Å². The molecular formula is C17H20ClNO4S. The Hall–Kier alpha value is -1.66. The molecular weight excluding hydrogens is 350 g/mol. The lowest BCUT2D eigenvalue weighted by molar-refractivity contribution is -0.142. The van der Waals surface area contributed by atoms with Crippen LogP contribution in [-0.2, 0) is 9.53 Å². The van der Waals surface area contributed by atoms with Crippen LogP contribution in [0.5, 0.6) is 0 Å². The second kappa shape index (κ2) is 7.94. The van der Waals surface area contributed by atoms with E-state index in [0.29, 0.717) is 22.6 Å². The van der Waals surface area contributed by atoms with Crippen molar-refractivity contribution in [3.63, 3.8) is 0 Å². The molecule has 24 heavy (non-hydrogen) atoms. The number of ether oxygens (including phenoxy) is 1. The van der Waals surface area contributed by atoms with E-state index in [1.807, 2.05) is 19.2 Å². The van der Waals surface area contributed by atoms with Gasteiger partial charge in [0.05, 0.1) is 12.1 Å². The summed E-state index contributed by atoms with van der Waals surface area (Å²) in [7, 11) is 1.30. The lowest BCUT2D eigenvalue weighted by Gasteiger charge is -2.15. The Morgan fingerprint density at radius 2 is 2.08 bits per heavy atom. The van der Waals surface area contributed by atoms with Gasteiger partial charge in [-0.05, 0) is 50.0 Å². The SMILES string of the molecule is COC(=O)C(CCSC)NC(=O)c1oc2c(Cl)cc(C)cc2c1C. The van der Waals surface area contributed by atoms with Gasteiger partial charge in [0.15, 0.2) is 11.3 Å². The van der Waals surface area contributed by atoms with Gasteiger partial charge in [-0.15, -0.1) is 0 Å². The summed E-state index contributed by atoms with van der Waals surface area (Å²) < 4.78 is 10.4. The lowest BCUT2D eigenvalue weighted by Crippen LogP contribution is -2.42. The molecule has 1 unspecified atom stereocenters. The summed E-state index contributed by atoms with van der Waals surface area (Å²) in [6.45, 7) is 3.72. The third-order valence-corrected chi connectivity index (χ3v) is 4.67. The van der Waals surface area contributed by atoms with Crippen molar-refractivity contribution in [2.24, 2.45) is 0 Å². The first kappa shape index (κ1) is 18.7. The minimum absolute atomic E-state index is 0.163. The summed E-state index contributed by atoms with van der Waals surface area (Å²) in [4.78, 5) is 24.4. The normalized spacial score (nSPS) is 12.2. The molecule has 1 aromatic heterocycles. The van der Waals surface area contributed by atoms with Crippen LogP contribution in [-0.4, -0.2) is 37.0 Å². The van der Waals surface area contributed by atoms with E-state index in [2.05, 4.69) is 5.32 Å². The number of aryl methyl sites for hydroxylation is 2. The van der Waals surface area contributed by atoms with Crippen LogP contribution in [0.4, 0.5) is 0 Å². The Kier molecular flexibility index (Phi) is 6.18. The van der Waals surface area contributed by atoms with Crippen molar-refractivity contribution >= 4 is 46.2 Å². The monoisotopic (exact) mass is 369 g/mol. The van der Waals surface area contributed by atoms with Gasteiger partial charge in [0, 0.05) is 10.9 Å². The molecule has 1 aromatic carbocycles. The quantitative estimate of drug-likeness (QED) is 0.786. The van der Waals surface area contributed by atoms with Crippen molar-refractivity contribution in [1.29, 1.82) is 0 Å². The van der Waals surface area contributed by atoms with Gasteiger partial charge >= 0.3 is 5.97 Å². The van der Waals surface area contributed by atoms with Crippen molar-refractivity contribution in [3.8, 4) is 0 Å². The minimum Gasteiger partial charge on any atom is -0.467 e. The van der Waals surface area contributed by atoms with Crippen LogP contribution in [0.1, 0.15) is 28.1 Å². The van der Waals surface area contributed by atoms with Crippen molar-refractivity contribution in [2.75, 3.05) is 19.1 Å². The molecule has 0 bridgehead atoms. The number of thioether (sulfide) groups is 1. The average Bonchev–Trinajstić information content (AvgIpc) is 2.88. The molecule has 1 atom stereocenters. The summed E-state index contributed by atoms with van der Waals surface area (Å²) in [5.41, 5.74) is 2.15. The molecule has 0 aliphatic carbocycles. The van der Waals surface area contributed by atoms with Crippen LogP contribution in [0.15, 0.2) is 16.5 Å². The number of fused-ring (bicyclic) bond motifs is 1. The molecule has 7 heteroatoms. The molecule has 0 spiro atoms. The predicted octanol–water partition coefficient (Wildman–Crippen LogP) is 3.73. The third-order valence-electron chi connectivity index (χ3n) is 3.74. The molecule has 0 saturated carbocycles. The fraction of sp³-hybridized carbons (Fsp3) is 0.412. The number of rotatable bonds is 6. The Labute approximate surface area is 150 Å². The molecule has 0 saturated heterocycles. The number of hydrogen-bond acceptors (Lipinski definition) is 5. The van der Waals surface area contributed by atoms with Crippen LogP contribution in [0, 0.1) is 13.8 Å². The van der Waals surface area contributed by atoms with E-state index in [1.54, 1.807) is 24.8 Å². The van der Waals surface area contributed by atoms with Gasteiger partial charge in [0.1, 0.15) is 6.04 Å². The maximum absolute atomic E-state index is 12.6. The van der Waals surface area contributed by atoms with Gasteiger partial charge in [0.25, 0.3) is 5.91 Å². The number of carbonyl (C=O) groups is 2. The summed E-state index contributed by atoms with van der Waals surface area (Å²) in [6.07, 6.45) is 2.42. The van der Waals surface area contributed by atoms with Crippen molar-refractivity contribution in [1.82, 2.24) is 5.32 Å². The summed E-state index contributed by atoms with van der Waals surface area (Å²) >= 11 is 7.79. The van der Waals surface area contributed by atoms with Crippen LogP contribution in [0.3, 0.4) is 0 Å². The van der Waals surface area contributed by atoms with E-state index in [4.69, 9.17) is 20.8 Å². The zero-order valence-corrected chi connectivity index (χ0v) is 15.6. The minimum atomic E-state index is -0.709. The number of methoxy groups -OCH3 is 1. The average molecular weight is 370 g/mol. The number of benzene rings is 1. The molecule has 2 rings (SSSR count). The van der Waals surface area contributed by atoms with E-state index in [1.165, 1.54) is 7.11 Å². The summed E-state index contributed by atoms with van der Waals surface area (Å²) in [5.74, 6) is -0.0333. The van der Waals surface area contributed by atoms with Gasteiger partial charge in [-0.1, -0.05) is 11.6 Å². The maximum Gasteiger partial charge on any atom is 0.328 e. The van der Waals surface area contributed by atoms with Crippen molar-refractivity contribution in [3.05, 3.63) is 34.0 Å². The van der Waals surface area contributed by atoms with Crippen LogP contribution >= 0.6 is 23.4 Å². The number of amides is 1. The highest BCUT2D eigenvalue weighted by atomic mass is 35.5. The Balaban J connectivity index is 2.31. The molecule has 0 fully saturated rings. The molecule has 0 aliphatic heterocycles. The second-order valence-corrected chi connectivity index (χ2v) is 6.90. The predicted molar refractivity (Wildman–Crippen MR) is 97.0 cm³/mol. The van der Waals surface area contributed by atoms with Gasteiger partial charge in [-0.25, -0.2) is 4.79 Å². The van der Waals surface area contributed by atoms with Gasteiger partial charge < -0.3 is 14.5 Å². The Morgan fingerprint density at radius 3 is 2.71 bits per heavy atom. The van der Waals surface area contributed by atoms with E-state index in [9.17, 15) is 9.59 Å². The number of halogens is 1. The molecule has 1 amide bonds. The van der Waals surface area contributed by atoms with Crippen molar-refractivity contribution < 1.29 is 18.7 Å². The molecule has 1 heterocycles. The Bertz CT molecular complexity index is 772. The second-order valence-electron chi connectivity index (χ2n) is 5.51. The van der Waals surface area contributed by atoms with Gasteiger partial charge in [-0.3, -0.25) is 4.79 Å². The van der Waals surface area contributed by atoms with E-state index in [-0.39, 0.29) is 5.76 Å². The Morgan fingerprint density at radius 1 is 1.38 bits per heavy atom. The number of carbonyl (C=O) groups excluding carboxylic acids is 2. The first-order chi connectivity index (χ1) is 11.4. The molecule has 1 N–H and O–H groups in total. The fourth-order valence-electron chi connectivity index (χ4n) is 2.48. The lowest BCUT2D eigenvalue weighted by atomic mass is 10.1. The van der Waals surface area contributed by atoms with Crippen LogP contribution in [0.2, 0.25) is 5.02 Å². The summed E-state index contributed by atoms with van der Waals surface area (Å²) in [6, 6.07) is 2.99. The van der Waals surface area contributed by atoms with E-state index < -0.39 is 17.9 Å². The number of nitrogens with one attached hydrogen (secondary N) is 1. The zero-order valence-electron chi connectivity index (χ0n) is 14.1. The molecule has 130 valence electrons. The highest BCUT2D eigenvalue weighted by molar-refractivity contribution is 7.98. The first-order valence-electron chi connectivity index (χ1n) is 7.46. The van der Waals surface area contributed by atoms with Gasteiger partial charge in [0.2, 0.25) is 0 Å². The summed E-state index contributed by atoms with van der Waals surface area (Å²) in [5, 5.41) is 3.94. The smallest absolute Gasteiger partial charge is 0.328 e. The zero-order chi connectivity index (χ0) is 17.9. The topological polar surface area (TPSA) is 68.5 Å². The highest BCUT2D eigenvalue weighted by Crippen LogP contribution is 2.32. The van der Waals surface area contributed by atoms with E-state index >= 15 is 0 Å². The fourth-order valence-corrected chi connectivity index (χ4v) is 3.26. The van der Waals surface area contributed by atoms with Gasteiger partial charge in [-0.2, -0.15) is 11.8 Å².